The highest BCUT2D eigenvalue weighted by atomic mass is 79.9. The van der Waals surface area contributed by atoms with Gasteiger partial charge in [-0.3, -0.25) is 4.79 Å². The molecular weight excluding hydrogens is 277 g/mol. The smallest absolute Gasteiger partial charge is 0.307 e. The van der Waals surface area contributed by atoms with E-state index in [1.165, 1.54) is 13.2 Å². The minimum absolute atomic E-state index is 0.0976. The molecule has 0 aliphatic carbocycles. The molecule has 16 heavy (non-hydrogen) atoms. The van der Waals surface area contributed by atoms with Gasteiger partial charge in [0, 0.05) is 16.1 Å². The van der Waals surface area contributed by atoms with Gasteiger partial charge in [-0.1, -0.05) is 15.9 Å². The topological polar surface area (TPSA) is 38.3 Å². The first-order valence-electron chi connectivity index (χ1n) is 4.77. The van der Waals surface area contributed by atoms with E-state index < -0.39 is 0 Å². The largest absolute Gasteiger partial charge is 0.469 e. The summed E-state index contributed by atoms with van der Waals surface area (Å²) in [5, 5.41) is 2.89. The molecule has 1 rings (SSSR count). The van der Waals surface area contributed by atoms with Gasteiger partial charge in [-0.15, -0.1) is 0 Å². The summed E-state index contributed by atoms with van der Waals surface area (Å²) >= 11 is 3.27. The second-order valence-corrected chi connectivity index (χ2v) is 4.20. The molecule has 0 amide bonds. The van der Waals surface area contributed by atoms with Crippen molar-refractivity contribution < 1.29 is 13.9 Å². The van der Waals surface area contributed by atoms with E-state index in [-0.39, 0.29) is 24.2 Å². The highest BCUT2D eigenvalue weighted by molar-refractivity contribution is 9.10. The van der Waals surface area contributed by atoms with Crippen molar-refractivity contribution in [3.63, 3.8) is 0 Å². The van der Waals surface area contributed by atoms with Crippen molar-refractivity contribution in [2.45, 2.75) is 12.5 Å². The molecular formula is C11H13BrFNO2. The van der Waals surface area contributed by atoms with E-state index in [2.05, 4.69) is 26.0 Å². The van der Waals surface area contributed by atoms with Crippen molar-refractivity contribution in [1.82, 2.24) is 5.32 Å². The fraction of sp³-hybridized carbons (Fsp3) is 0.364. The van der Waals surface area contributed by atoms with Crippen molar-refractivity contribution in [1.29, 1.82) is 0 Å². The lowest BCUT2D eigenvalue weighted by atomic mass is 10.0. The van der Waals surface area contributed by atoms with Crippen LogP contribution in [0.4, 0.5) is 4.39 Å². The molecule has 0 aliphatic heterocycles. The van der Waals surface area contributed by atoms with Gasteiger partial charge in [-0.05, 0) is 25.2 Å². The molecule has 0 radical (unpaired) electrons. The zero-order chi connectivity index (χ0) is 12.1. The van der Waals surface area contributed by atoms with Crippen LogP contribution in [0.5, 0.6) is 0 Å². The molecule has 0 spiro atoms. The molecule has 0 aliphatic rings. The van der Waals surface area contributed by atoms with E-state index in [1.807, 2.05) is 0 Å². The zero-order valence-electron chi connectivity index (χ0n) is 9.09. The number of carbonyl (C=O) groups is 1. The van der Waals surface area contributed by atoms with E-state index >= 15 is 0 Å². The fourth-order valence-electron chi connectivity index (χ4n) is 1.40. The average molecular weight is 290 g/mol. The maximum absolute atomic E-state index is 13.5. The lowest BCUT2D eigenvalue weighted by molar-refractivity contribution is -0.141. The van der Waals surface area contributed by atoms with Crippen molar-refractivity contribution in [2.75, 3.05) is 14.2 Å². The third-order valence-electron chi connectivity index (χ3n) is 2.28. The minimum atomic E-state index is -0.384. The van der Waals surface area contributed by atoms with Gasteiger partial charge in [-0.25, -0.2) is 4.39 Å². The first-order chi connectivity index (χ1) is 7.58. The Morgan fingerprint density at radius 1 is 1.62 bits per heavy atom. The van der Waals surface area contributed by atoms with Crippen LogP contribution in [0.15, 0.2) is 22.7 Å². The van der Waals surface area contributed by atoms with Crippen molar-refractivity contribution in [3.05, 3.63) is 34.1 Å². The number of halogens is 2. The van der Waals surface area contributed by atoms with Gasteiger partial charge in [-0.2, -0.15) is 0 Å². The van der Waals surface area contributed by atoms with Gasteiger partial charge in [0.05, 0.1) is 13.5 Å². The van der Waals surface area contributed by atoms with Gasteiger partial charge in [0.1, 0.15) is 5.82 Å². The van der Waals surface area contributed by atoms with Crippen LogP contribution in [0.2, 0.25) is 0 Å². The summed E-state index contributed by atoms with van der Waals surface area (Å²) in [5.41, 5.74) is 0.447. The van der Waals surface area contributed by atoms with Gasteiger partial charge in [0.2, 0.25) is 0 Å². The Labute approximate surface area is 102 Å². The third-order valence-corrected chi connectivity index (χ3v) is 2.77. The van der Waals surface area contributed by atoms with E-state index in [0.717, 1.165) is 4.47 Å². The molecule has 1 aromatic carbocycles. The predicted octanol–water partition coefficient (Wildman–Crippen LogP) is 2.41. The second kappa shape index (κ2) is 5.96. The van der Waals surface area contributed by atoms with Gasteiger partial charge < -0.3 is 10.1 Å². The number of ether oxygens (including phenoxy) is 1. The van der Waals surface area contributed by atoms with Crippen molar-refractivity contribution in [3.8, 4) is 0 Å². The molecule has 5 heteroatoms. The number of benzene rings is 1. The molecule has 0 saturated heterocycles. The average Bonchev–Trinajstić information content (AvgIpc) is 2.29. The van der Waals surface area contributed by atoms with Crippen LogP contribution in [0.25, 0.3) is 0 Å². The summed E-state index contributed by atoms with van der Waals surface area (Å²) in [6.45, 7) is 0. The minimum Gasteiger partial charge on any atom is -0.469 e. The van der Waals surface area contributed by atoms with Crippen molar-refractivity contribution >= 4 is 21.9 Å². The number of nitrogens with one attached hydrogen (secondary N) is 1. The van der Waals surface area contributed by atoms with Gasteiger partial charge in [0.15, 0.2) is 0 Å². The number of methoxy groups -OCH3 is 1. The third kappa shape index (κ3) is 3.28. The lowest BCUT2D eigenvalue weighted by Gasteiger charge is -2.16. The van der Waals surface area contributed by atoms with Crippen LogP contribution in [0, 0.1) is 5.82 Å². The van der Waals surface area contributed by atoms with Crippen LogP contribution in [0.1, 0.15) is 18.0 Å². The Hall–Kier alpha value is -0.940. The molecule has 88 valence electrons. The summed E-state index contributed by atoms with van der Waals surface area (Å²) in [6, 6.07) is 4.24. The molecule has 0 heterocycles. The summed E-state index contributed by atoms with van der Waals surface area (Å²) in [5.74, 6) is -0.717. The SMILES string of the molecule is CNC(CC(=O)OC)c1cc(Br)ccc1F. The van der Waals surface area contributed by atoms with Crippen LogP contribution in [-0.2, 0) is 9.53 Å². The second-order valence-electron chi connectivity index (χ2n) is 3.29. The molecule has 1 N–H and O–H groups in total. The van der Waals surface area contributed by atoms with E-state index in [9.17, 15) is 9.18 Å². The number of carbonyl (C=O) groups excluding carboxylic acids is 1. The Morgan fingerprint density at radius 2 is 2.31 bits per heavy atom. The Morgan fingerprint density at radius 3 is 2.88 bits per heavy atom. The molecule has 0 saturated carbocycles. The maximum atomic E-state index is 13.5. The summed E-state index contributed by atoms with van der Waals surface area (Å²) < 4.78 is 18.9. The molecule has 1 unspecified atom stereocenters. The molecule has 3 nitrogen and oxygen atoms in total. The van der Waals surface area contributed by atoms with Crippen LogP contribution < -0.4 is 5.32 Å². The molecule has 1 atom stereocenters. The fourth-order valence-corrected chi connectivity index (χ4v) is 1.78. The molecule has 0 fully saturated rings. The van der Waals surface area contributed by atoms with Gasteiger partial charge in [0.25, 0.3) is 0 Å². The van der Waals surface area contributed by atoms with Gasteiger partial charge >= 0.3 is 5.97 Å². The number of hydrogen-bond donors (Lipinski definition) is 1. The first-order valence-corrected chi connectivity index (χ1v) is 5.56. The van der Waals surface area contributed by atoms with Crippen LogP contribution in [-0.4, -0.2) is 20.1 Å². The van der Waals surface area contributed by atoms with E-state index in [4.69, 9.17) is 0 Å². The van der Waals surface area contributed by atoms with E-state index in [0.29, 0.717) is 5.56 Å². The monoisotopic (exact) mass is 289 g/mol. The standard InChI is InChI=1S/C11H13BrFNO2/c1-14-10(6-11(15)16-2)8-5-7(12)3-4-9(8)13/h3-5,10,14H,6H2,1-2H3. The van der Waals surface area contributed by atoms with E-state index in [1.54, 1.807) is 19.2 Å². The van der Waals surface area contributed by atoms with Crippen LogP contribution >= 0.6 is 15.9 Å². The predicted molar refractivity (Wildman–Crippen MR) is 62.5 cm³/mol. The maximum Gasteiger partial charge on any atom is 0.307 e. The number of hydrogen-bond acceptors (Lipinski definition) is 3. The summed E-state index contributed by atoms with van der Waals surface area (Å²) in [7, 11) is 2.99. The highest BCUT2D eigenvalue weighted by Crippen LogP contribution is 2.24. The Kier molecular flexibility index (Phi) is 4.89. The quantitative estimate of drug-likeness (QED) is 0.865. The summed E-state index contributed by atoms with van der Waals surface area (Å²) in [6.07, 6.45) is 0.0976. The molecule has 1 aromatic rings. The normalized spacial score (nSPS) is 12.2. The molecule has 0 aromatic heterocycles. The Balaban J connectivity index is 2.94. The first kappa shape index (κ1) is 13.1. The highest BCUT2D eigenvalue weighted by Gasteiger charge is 2.18. The molecule has 0 bridgehead atoms. The number of esters is 1. The Bertz CT molecular complexity index is 384. The number of rotatable bonds is 4. The summed E-state index contributed by atoms with van der Waals surface area (Å²) in [4.78, 5) is 11.2. The lowest BCUT2D eigenvalue weighted by Crippen LogP contribution is -2.21. The van der Waals surface area contributed by atoms with Crippen molar-refractivity contribution in [2.24, 2.45) is 0 Å². The zero-order valence-corrected chi connectivity index (χ0v) is 10.7. The van der Waals surface area contributed by atoms with Crippen LogP contribution in [0.3, 0.4) is 0 Å².